The van der Waals surface area contributed by atoms with Crippen molar-refractivity contribution < 1.29 is 45.1 Å². The normalized spacial score (nSPS) is 12.1. The van der Waals surface area contributed by atoms with Gasteiger partial charge in [-0.3, -0.25) is 30.0 Å². The summed E-state index contributed by atoms with van der Waals surface area (Å²) in [6.45, 7) is 5.00. The SMILES string of the molecule is CC(=O)C(=NNc1cc(S(=O)(=O)[O-])c(-c2cc(C)c(NN=C(C(C)=O)C(=O)Nc3ccccc3)cc2S(=O)(=O)[O-])cc1C)C(=O)Nc1ccccc1. The summed E-state index contributed by atoms with van der Waals surface area (Å²) in [5.41, 5.74) is 3.47. The van der Waals surface area contributed by atoms with E-state index in [-0.39, 0.29) is 22.5 Å². The zero-order chi connectivity index (χ0) is 38.4. The Kier molecular flexibility index (Phi) is 11.8. The van der Waals surface area contributed by atoms with Gasteiger partial charge in [-0.1, -0.05) is 36.4 Å². The van der Waals surface area contributed by atoms with Crippen LogP contribution in [-0.2, 0) is 39.4 Å². The van der Waals surface area contributed by atoms with Gasteiger partial charge in [0.25, 0.3) is 11.8 Å². The molecule has 2 amide bonds. The Morgan fingerprint density at radius 3 is 1.17 bits per heavy atom. The lowest BCUT2D eigenvalue weighted by molar-refractivity contribution is -0.116. The Morgan fingerprint density at radius 1 is 0.558 bits per heavy atom. The predicted octanol–water partition coefficient (Wildman–Crippen LogP) is 3.77. The Labute approximate surface area is 298 Å². The second-order valence-electron chi connectivity index (χ2n) is 11.1. The molecular formula is C34H30N6O10S2-2. The number of nitrogens with one attached hydrogen (secondary N) is 4. The summed E-state index contributed by atoms with van der Waals surface area (Å²) in [5, 5.41) is 12.6. The van der Waals surface area contributed by atoms with Crippen molar-refractivity contribution in [2.75, 3.05) is 21.5 Å². The first-order valence-electron chi connectivity index (χ1n) is 15.0. The highest BCUT2D eigenvalue weighted by atomic mass is 32.2. The number of aryl methyl sites for hydroxylation is 2. The van der Waals surface area contributed by atoms with Crippen LogP contribution in [0, 0.1) is 13.8 Å². The van der Waals surface area contributed by atoms with Gasteiger partial charge in [-0.25, -0.2) is 16.8 Å². The lowest BCUT2D eigenvalue weighted by atomic mass is 9.99. The van der Waals surface area contributed by atoms with Crippen LogP contribution in [0.2, 0.25) is 0 Å². The molecule has 4 rings (SSSR count). The molecule has 0 atom stereocenters. The van der Waals surface area contributed by atoms with Gasteiger partial charge in [-0.15, -0.1) is 0 Å². The Balaban J connectivity index is 1.76. The van der Waals surface area contributed by atoms with E-state index >= 15 is 0 Å². The molecule has 0 aromatic heterocycles. The number of carbonyl (C=O) groups excluding carboxylic acids is 4. The summed E-state index contributed by atoms with van der Waals surface area (Å²) in [6, 6.07) is 20.2. The van der Waals surface area contributed by atoms with Crippen LogP contribution >= 0.6 is 0 Å². The summed E-state index contributed by atoms with van der Waals surface area (Å²) in [6.07, 6.45) is 0. The van der Waals surface area contributed by atoms with Crippen LogP contribution in [0.15, 0.2) is 105 Å². The van der Waals surface area contributed by atoms with Crippen molar-refractivity contribution in [3.8, 4) is 11.1 Å². The number of ketones is 2. The molecule has 4 aromatic rings. The molecule has 0 aliphatic heterocycles. The van der Waals surface area contributed by atoms with Crippen molar-refractivity contribution in [2.24, 2.45) is 10.2 Å². The van der Waals surface area contributed by atoms with Gasteiger partial charge < -0.3 is 19.7 Å². The van der Waals surface area contributed by atoms with Crippen LogP contribution in [-0.4, -0.2) is 60.7 Å². The molecule has 0 radical (unpaired) electrons. The summed E-state index contributed by atoms with van der Waals surface area (Å²) in [7, 11) is -10.8. The number of rotatable bonds is 13. The Hall–Kier alpha value is -6.08. The number of hydrazone groups is 2. The fraction of sp³-hybridized carbons (Fsp3) is 0.118. The van der Waals surface area contributed by atoms with Gasteiger partial charge >= 0.3 is 0 Å². The minimum absolute atomic E-state index is 0.147. The van der Waals surface area contributed by atoms with Crippen LogP contribution in [0.4, 0.5) is 22.7 Å². The standard InChI is InChI=1S/C34H32N6O10S2/c1-19-15-25(29(51(45,46)47)17-27(19)37-39-31(21(3)41)33(43)35-23-11-7-5-8-12-23)26-16-20(2)28(18-30(26)52(48,49)50)38-40-32(22(4)42)34(44)36-24-13-9-6-10-14-24/h5-18,37-38H,1-4H3,(H,35,43)(H,36,44)(H,45,46,47)(H,48,49,50)/p-2. The molecule has 0 aliphatic carbocycles. The van der Waals surface area contributed by atoms with E-state index in [9.17, 15) is 45.1 Å². The molecule has 270 valence electrons. The van der Waals surface area contributed by atoms with E-state index in [2.05, 4.69) is 31.7 Å². The third-order valence-corrected chi connectivity index (χ3v) is 8.97. The molecule has 4 N–H and O–H groups in total. The highest BCUT2D eigenvalue weighted by Crippen LogP contribution is 2.38. The van der Waals surface area contributed by atoms with Gasteiger partial charge in [0.2, 0.25) is 0 Å². The number of benzene rings is 4. The zero-order valence-corrected chi connectivity index (χ0v) is 29.5. The maximum atomic E-state index is 12.8. The van der Waals surface area contributed by atoms with Crippen molar-refractivity contribution in [1.29, 1.82) is 0 Å². The smallest absolute Gasteiger partial charge is 0.279 e. The molecule has 0 saturated carbocycles. The number of para-hydroxylation sites is 2. The van der Waals surface area contributed by atoms with E-state index in [4.69, 9.17) is 0 Å². The number of Topliss-reactive ketones (excluding diaryl/α,β-unsaturated/α-hetero) is 2. The van der Waals surface area contributed by atoms with E-state index in [1.54, 1.807) is 60.7 Å². The maximum absolute atomic E-state index is 12.8. The quantitative estimate of drug-likeness (QED) is 0.0660. The fourth-order valence-corrected chi connectivity index (χ4v) is 6.09. The van der Waals surface area contributed by atoms with E-state index in [1.807, 2.05) is 0 Å². The maximum Gasteiger partial charge on any atom is 0.279 e. The molecule has 52 heavy (non-hydrogen) atoms. The Bertz CT molecular complexity index is 2200. The van der Waals surface area contributed by atoms with Crippen LogP contribution in [0.5, 0.6) is 0 Å². The lowest BCUT2D eigenvalue weighted by Crippen LogP contribution is -2.29. The van der Waals surface area contributed by atoms with Crippen molar-refractivity contribution in [3.05, 3.63) is 96.1 Å². The van der Waals surface area contributed by atoms with E-state index < -0.39 is 76.0 Å². The van der Waals surface area contributed by atoms with Gasteiger partial charge in [0.05, 0.1) is 21.2 Å². The molecule has 0 saturated heterocycles. The first-order valence-corrected chi connectivity index (χ1v) is 17.8. The molecule has 16 nitrogen and oxygen atoms in total. The molecule has 0 bridgehead atoms. The number of nitrogens with zero attached hydrogens (tertiary/aromatic N) is 2. The van der Waals surface area contributed by atoms with Crippen molar-refractivity contribution in [1.82, 2.24) is 0 Å². The molecule has 0 heterocycles. The lowest BCUT2D eigenvalue weighted by Gasteiger charge is -2.21. The van der Waals surface area contributed by atoms with Crippen LogP contribution < -0.4 is 21.5 Å². The summed E-state index contributed by atoms with van der Waals surface area (Å²) in [5.74, 6) is -3.28. The monoisotopic (exact) mass is 746 g/mol. The van der Waals surface area contributed by atoms with Crippen molar-refractivity contribution in [2.45, 2.75) is 37.5 Å². The number of anilines is 4. The topological polar surface area (TPSA) is 256 Å². The van der Waals surface area contributed by atoms with E-state index in [1.165, 1.54) is 13.8 Å². The first kappa shape index (κ1) is 38.7. The van der Waals surface area contributed by atoms with Crippen LogP contribution in [0.3, 0.4) is 0 Å². The minimum atomic E-state index is -5.39. The van der Waals surface area contributed by atoms with Gasteiger partial charge in [0.1, 0.15) is 20.2 Å². The zero-order valence-electron chi connectivity index (χ0n) is 27.9. The summed E-state index contributed by atoms with van der Waals surface area (Å²) < 4.78 is 75.2. The number of carbonyl (C=O) groups is 4. The molecule has 0 fully saturated rings. The van der Waals surface area contributed by atoms with Gasteiger partial charge in [0, 0.05) is 36.3 Å². The third kappa shape index (κ3) is 9.58. The highest BCUT2D eigenvalue weighted by molar-refractivity contribution is 7.86. The van der Waals surface area contributed by atoms with E-state index in [0.717, 1.165) is 38.1 Å². The molecule has 0 spiro atoms. The molecule has 18 heteroatoms. The highest BCUT2D eigenvalue weighted by Gasteiger charge is 2.23. The van der Waals surface area contributed by atoms with Gasteiger partial charge in [0.15, 0.2) is 23.0 Å². The second kappa shape index (κ2) is 15.9. The molecule has 0 aliphatic rings. The first-order chi connectivity index (χ1) is 24.4. The largest absolute Gasteiger partial charge is 0.744 e. The number of hydrogen-bond donors (Lipinski definition) is 4. The average molecular weight is 747 g/mol. The minimum Gasteiger partial charge on any atom is -0.744 e. The van der Waals surface area contributed by atoms with Crippen molar-refractivity contribution in [3.63, 3.8) is 0 Å². The molecule has 4 aromatic carbocycles. The summed E-state index contributed by atoms with van der Waals surface area (Å²) >= 11 is 0. The number of hydrogen-bond acceptors (Lipinski definition) is 14. The van der Waals surface area contributed by atoms with Crippen molar-refractivity contribution >= 4 is 77.8 Å². The van der Waals surface area contributed by atoms with Crippen LogP contribution in [0.25, 0.3) is 11.1 Å². The number of amides is 2. The average Bonchev–Trinajstić information content (AvgIpc) is 3.05. The predicted molar refractivity (Wildman–Crippen MR) is 191 cm³/mol. The Morgan fingerprint density at radius 2 is 0.885 bits per heavy atom. The third-order valence-electron chi connectivity index (χ3n) is 7.22. The second-order valence-corrected chi connectivity index (χ2v) is 13.8. The van der Waals surface area contributed by atoms with Gasteiger partial charge in [-0.2, -0.15) is 10.2 Å². The van der Waals surface area contributed by atoms with E-state index in [0.29, 0.717) is 11.4 Å². The fourth-order valence-electron chi connectivity index (χ4n) is 4.69. The molecular weight excluding hydrogens is 717 g/mol. The van der Waals surface area contributed by atoms with Crippen LogP contribution in [0.1, 0.15) is 25.0 Å². The summed E-state index contributed by atoms with van der Waals surface area (Å²) in [4.78, 5) is 48.1. The molecule has 0 unspecified atom stereocenters. The van der Waals surface area contributed by atoms with Gasteiger partial charge in [-0.05, 0) is 73.5 Å².